The average molecular weight is 392 g/mol. The highest BCUT2D eigenvalue weighted by atomic mass is 16.5. The molecule has 6 nitrogen and oxygen atoms in total. The number of hydrazine groups is 1. The molecule has 0 radical (unpaired) electrons. The first-order chi connectivity index (χ1) is 14.3. The van der Waals surface area contributed by atoms with Crippen LogP contribution in [0.25, 0.3) is 0 Å². The van der Waals surface area contributed by atoms with Crippen LogP contribution in [0.5, 0.6) is 0 Å². The van der Waals surface area contributed by atoms with E-state index in [1.165, 1.54) is 24.1 Å². The molecule has 3 heterocycles. The Morgan fingerprint density at radius 3 is 2.62 bits per heavy atom. The van der Waals surface area contributed by atoms with Gasteiger partial charge in [0.2, 0.25) is 0 Å². The van der Waals surface area contributed by atoms with Crippen LogP contribution in [0, 0.1) is 0 Å². The predicted molar refractivity (Wildman–Crippen MR) is 118 cm³/mol. The Kier molecular flexibility index (Phi) is 5.12. The molecule has 0 atom stereocenters. The minimum atomic E-state index is -0.200. The first-order valence-electron chi connectivity index (χ1n) is 10.7. The third-order valence-electron chi connectivity index (χ3n) is 6.23. The Morgan fingerprint density at radius 1 is 1.00 bits per heavy atom. The van der Waals surface area contributed by atoms with Crippen LogP contribution in [0.2, 0.25) is 0 Å². The number of hydrogen-bond acceptors (Lipinski definition) is 6. The maximum Gasteiger partial charge on any atom is 0.142 e. The van der Waals surface area contributed by atoms with Crippen LogP contribution in [0.15, 0.2) is 53.5 Å². The van der Waals surface area contributed by atoms with Crippen LogP contribution in [0.1, 0.15) is 31.2 Å². The number of ether oxygens (including phenoxy) is 1. The van der Waals surface area contributed by atoms with E-state index in [2.05, 4.69) is 63.5 Å². The van der Waals surface area contributed by atoms with Gasteiger partial charge in [-0.25, -0.2) is 10.4 Å². The molecule has 0 bridgehead atoms. The molecule has 0 amide bonds. The minimum Gasteiger partial charge on any atom is -0.381 e. The summed E-state index contributed by atoms with van der Waals surface area (Å²) in [6, 6.07) is 16.9. The number of amidine groups is 1. The summed E-state index contributed by atoms with van der Waals surface area (Å²) < 4.78 is 5.63. The number of aliphatic imine (C=N–C) groups is 1. The fourth-order valence-electron chi connectivity index (χ4n) is 4.60. The van der Waals surface area contributed by atoms with Gasteiger partial charge in [0.05, 0.1) is 11.4 Å². The maximum atomic E-state index is 5.63. The van der Waals surface area contributed by atoms with Crippen LogP contribution in [-0.2, 0) is 11.3 Å². The fraction of sp³-hybridized carbons (Fsp3) is 0.435. The van der Waals surface area contributed by atoms with Crippen molar-refractivity contribution in [2.24, 2.45) is 4.99 Å². The van der Waals surface area contributed by atoms with Gasteiger partial charge in [-0.15, -0.1) is 0 Å². The zero-order chi connectivity index (χ0) is 19.5. The van der Waals surface area contributed by atoms with Gasteiger partial charge in [0, 0.05) is 51.4 Å². The molecule has 0 aromatic heterocycles. The first-order valence-corrected chi connectivity index (χ1v) is 10.7. The Bertz CT molecular complexity index is 884. The maximum absolute atomic E-state index is 5.63. The minimum absolute atomic E-state index is 0.200. The van der Waals surface area contributed by atoms with E-state index >= 15 is 0 Å². The van der Waals surface area contributed by atoms with Crippen LogP contribution >= 0.6 is 0 Å². The zero-order valence-corrected chi connectivity index (χ0v) is 16.8. The largest absolute Gasteiger partial charge is 0.381 e. The zero-order valence-electron chi connectivity index (χ0n) is 16.8. The van der Waals surface area contributed by atoms with Gasteiger partial charge >= 0.3 is 0 Å². The Hall–Kier alpha value is -2.57. The Labute approximate surface area is 172 Å². The molecule has 6 heteroatoms. The molecule has 0 aliphatic carbocycles. The lowest BCUT2D eigenvalue weighted by Gasteiger charge is -2.42. The van der Waals surface area contributed by atoms with E-state index < -0.39 is 0 Å². The molecule has 0 unspecified atom stereocenters. The Balaban J connectivity index is 1.33. The lowest BCUT2D eigenvalue weighted by atomic mass is 9.87. The lowest BCUT2D eigenvalue weighted by molar-refractivity contribution is 0.0768. The molecular weight excluding hydrogens is 362 g/mol. The SMILES string of the molecule is c1ccc(N2CCCC2)c(CNNC2=Nc3ccccc3NC23CCOCC3)c1. The van der Waals surface area contributed by atoms with Crippen LogP contribution in [0.3, 0.4) is 0 Å². The number of fused-ring (bicyclic) bond motifs is 1. The van der Waals surface area contributed by atoms with Crippen molar-refractivity contribution in [1.82, 2.24) is 10.9 Å². The van der Waals surface area contributed by atoms with Crippen molar-refractivity contribution >= 4 is 22.9 Å². The van der Waals surface area contributed by atoms with Crippen molar-refractivity contribution in [3.8, 4) is 0 Å². The third kappa shape index (κ3) is 3.70. The Morgan fingerprint density at radius 2 is 1.76 bits per heavy atom. The molecule has 3 aliphatic heterocycles. The molecule has 29 heavy (non-hydrogen) atoms. The molecule has 2 saturated heterocycles. The molecule has 2 fully saturated rings. The molecule has 152 valence electrons. The molecule has 3 N–H and O–H groups in total. The molecule has 0 saturated carbocycles. The summed E-state index contributed by atoms with van der Waals surface area (Å²) in [5.74, 6) is 0.957. The quantitative estimate of drug-likeness (QED) is 0.696. The van der Waals surface area contributed by atoms with E-state index in [4.69, 9.17) is 9.73 Å². The standard InChI is InChI=1S/C23H29N5O/c1-4-10-21(28-13-5-6-14-28)18(7-1)17-24-27-22-23(11-15-29-16-12-23)26-20-9-3-2-8-19(20)25-22/h1-4,7-10,24,26H,5-6,11-17H2,(H,25,27). The molecule has 3 aliphatic rings. The second-order valence-corrected chi connectivity index (χ2v) is 8.10. The summed E-state index contributed by atoms with van der Waals surface area (Å²) in [6.45, 7) is 4.54. The van der Waals surface area contributed by atoms with Crippen molar-refractivity contribution in [1.29, 1.82) is 0 Å². The number of benzene rings is 2. The van der Waals surface area contributed by atoms with Crippen LogP contribution in [-0.4, -0.2) is 37.7 Å². The first kappa shape index (κ1) is 18.5. The van der Waals surface area contributed by atoms with Crippen molar-refractivity contribution in [3.05, 3.63) is 54.1 Å². The summed E-state index contributed by atoms with van der Waals surface area (Å²) in [4.78, 5) is 7.46. The normalized spacial score (nSPS) is 20.1. The van der Waals surface area contributed by atoms with Crippen molar-refractivity contribution in [3.63, 3.8) is 0 Å². The number of hydrogen-bond donors (Lipinski definition) is 3. The third-order valence-corrected chi connectivity index (χ3v) is 6.23. The monoisotopic (exact) mass is 391 g/mol. The summed E-state index contributed by atoms with van der Waals surface area (Å²) in [7, 11) is 0. The van der Waals surface area contributed by atoms with E-state index in [9.17, 15) is 0 Å². The van der Waals surface area contributed by atoms with Gasteiger partial charge in [0.25, 0.3) is 0 Å². The average Bonchev–Trinajstić information content (AvgIpc) is 3.30. The summed E-state index contributed by atoms with van der Waals surface area (Å²) in [6.07, 6.45) is 4.37. The summed E-state index contributed by atoms with van der Waals surface area (Å²) in [5, 5.41) is 3.75. The molecule has 2 aromatic rings. The number of anilines is 2. The number of nitrogens with one attached hydrogen (secondary N) is 3. The number of para-hydroxylation sites is 3. The van der Waals surface area contributed by atoms with Crippen LogP contribution in [0.4, 0.5) is 17.1 Å². The predicted octanol–water partition coefficient (Wildman–Crippen LogP) is 3.59. The highest BCUT2D eigenvalue weighted by Crippen LogP contribution is 2.37. The van der Waals surface area contributed by atoms with Gasteiger partial charge in [-0.05, 0) is 36.6 Å². The van der Waals surface area contributed by atoms with E-state index in [1.54, 1.807) is 0 Å². The lowest BCUT2D eigenvalue weighted by Crippen LogP contribution is -2.59. The molecule has 2 aromatic carbocycles. The van der Waals surface area contributed by atoms with Gasteiger partial charge in [-0.2, -0.15) is 0 Å². The van der Waals surface area contributed by atoms with Crippen LogP contribution < -0.4 is 21.1 Å². The molecule has 5 rings (SSSR count). The van der Waals surface area contributed by atoms with E-state index in [-0.39, 0.29) is 5.54 Å². The van der Waals surface area contributed by atoms with Gasteiger partial charge in [0.1, 0.15) is 11.4 Å². The van der Waals surface area contributed by atoms with E-state index in [0.29, 0.717) is 0 Å². The van der Waals surface area contributed by atoms with Crippen molar-refractivity contribution < 1.29 is 4.74 Å². The highest BCUT2D eigenvalue weighted by Gasteiger charge is 2.40. The number of rotatable bonds is 4. The van der Waals surface area contributed by atoms with E-state index in [0.717, 1.165) is 62.9 Å². The smallest absolute Gasteiger partial charge is 0.142 e. The molecule has 1 spiro atoms. The topological polar surface area (TPSA) is 60.9 Å². The van der Waals surface area contributed by atoms with Crippen molar-refractivity contribution in [2.45, 2.75) is 37.8 Å². The van der Waals surface area contributed by atoms with Gasteiger partial charge < -0.3 is 20.4 Å². The number of nitrogens with zero attached hydrogens (tertiary/aromatic N) is 2. The molecular formula is C23H29N5O. The summed E-state index contributed by atoms with van der Waals surface area (Å²) >= 11 is 0. The van der Waals surface area contributed by atoms with Crippen molar-refractivity contribution in [2.75, 3.05) is 36.5 Å². The van der Waals surface area contributed by atoms with Gasteiger partial charge in [0.15, 0.2) is 0 Å². The van der Waals surface area contributed by atoms with E-state index in [1.807, 2.05) is 6.07 Å². The summed E-state index contributed by atoms with van der Waals surface area (Å²) in [5.41, 5.74) is 11.4. The van der Waals surface area contributed by atoms with Gasteiger partial charge in [-0.1, -0.05) is 30.3 Å². The van der Waals surface area contributed by atoms with Gasteiger partial charge in [-0.3, -0.25) is 0 Å². The second kappa shape index (κ2) is 8.05. The highest BCUT2D eigenvalue weighted by molar-refractivity contribution is 6.00. The second-order valence-electron chi connectivity index (χ2n) is 8.10. The fourth-order valence-corrected chi connectivity index (χ4v) is 4.60.